The number of amides is 1. The number of nitrogens with one attached hydrogen (secondary N) is 1. The number of nitrogens with zero attached hydrogens (tertiary/aromatic N) is 1. The molecule has 2 atom stereocenters. The molecule has 41 heavy (non-hydrogen) atoms. The average molecular weight is 593 g/mol. The lowest BCUT2D eigenvalue weighted by Gasteiger charge is -2.30. The lowest BCUT2D eigenvalue weighted by atomic mass is 9.92. The van der Waals surface area contributed by atoms with Crippen molar-refractivity contribution in [1.82, 2.24) is 9.62 Å². The Morgan fingerprint density at radius 3 is 2.34 bits per heavy atom. The van der Waals surface area contributed by atoms with E-state index in [4.69, 9.17) is 23.7 Å². The van der Waals surface area contributed by atoms with Crippen molar-refractivity contribution in [2.24, 2.45) is 0 Å². The molecule has 2 N–H and O–H groups in total. The van der Waals surface area contributed by atoms with Crippen molar-refractivity contribution in [3.05, 3.63) is 71.5 Å². The first-order chi connectivity index (χ1) is 19.7. The van der Waals surface area contributed by atoms with Gasteiger partial charge in [-0.3, -0.25) is 4.79 Å². The molecule has 0 radical (unpaired) electrons. The van der Waals surface area contributed by atoms with Crippen LogP contribution in [-0.2, 0) is 33.8 Å². The second kappa shape index (κ2) is 15.5. The number of ether oxygens (including phenoxy) is 5. The summed E-state index contributed by atoms with van der Waals surface area (Å²) in [6.07, 6.45) is 1.15. The van der Waals surface area contributed by atoms with E-state index in [0.29, 0.717) is 24.3 Å². The third-order valence-electron chi connectivity index (χ3n) is 6.32. The molecule has 3 rings (SSSR count). The van der Waals surface area contributed by atoms with Gasteiger partial charge in [-0.25, -0.2) is 13.2 Å². The van der Waals surface area contributed by atoms with E-state index in [9.17, 15) is 23.1 Å². The van der Waals surface area contributed by atoms with Crippen LogP contribution in [0.5, 0.6) is 5.75 Å². The summed E-state index contributed by atoms with van der Waals surface area (Å²) in [7, 11) is 0.387. The molecule has 1 amide bonds. The number of methoxy groups -OCH3 is 3. The average Bonchev–Trinajstić information content (AvgIpc) is 3.00. The van der Waals surface area contributed by atoms with Crippen molar-refractivity contribution >= 4 is 21.9 Å². The summed E-state index contributed by atoms with van der Waals surface area (Å²) in [4.78, 5) is 24.7. The molecule has 1 heterocycles. The number of benzene rings is 2. The summed E-state index contributed by atoms with van der Waals surface area (Å²) >= 11 is 0. The molecular formula is C28H36N2O10S. The molecule has 0 aliphatic carbocycles. The topological polar surface area (TPSA) is 150 Å². The molecule has 0 bridgehead atoms. The van der Waals surface area contributed by atoms with Crippen LogP contribution in [0.15, 0.2) is 65.3 Å². The number of aliphatic hydroxyl groups excluding tert-OH is 1. The molecule has 0 unspecified atom stereocenters. The Bertz CT molecular complexity index is 1280. The number of hydrogen-bond acceptors (Lipinski definition) is 10. The van der Waals surface area contributed by atoms with Gasteiger partial charge in [0.05, 0.1) is 44.5 Å². The Morgan fingerprint density at radius 2 is 1.73 bits per heavy atom. The lowest BCUT2D eigenvalue weighted by Crippen LogP contribution is -2.38. The fourth-order valence-electron chi connectivity index (χ4n) is 4.14. The van der Waals surface area contributed by atoms with Gasteiger partial charge in [0.2, 0.25) is 16.3 Å². The summed E-state index contributed by atoms with van der Waals surface area (Å²) in [5.41, 5.74) is 1.21. The van der Waals surface area contributed by atoms with Crippen LogP contribution in [0, 0.1) is 0 Å². The van der Waals surface area contributed by atoms with Crippen LogP contribution in [-0.4, -0.2) is 96.8 Å². The summed E-state index contributed by atoms with van der Waals surface area (Å²) < 4.78 is 54.1. The Labute approximate surface area is 239 Å². The van der Waals surface area contributed by atoms with E-state index in [1.165, 1.54) is 33.5 Å². The highest BCUT2D eigenvalue weighted by atomic mass is 32.2. The Balaban J connectivity index is 1.73. The zero-order valence-corrected chi connectivity index (χ0v) is 24.1. The van der Waals surface area contributed by atoms with Gasteiger partial charge in [0.15, 0.2) is 5.76 Å². The van der Waals surface area contributed by atoms with Gasteiger partial charge in [0.25, 0.3) is 5.91 Å². The minimum absolute atomic E-state index is 0.0501. The Kier molecular flexibility index (Phi) is 12.1. The minimum atomic E-state index is -3.92. The van der Waals surface area contributed by atoms with Crippen LogP contribution in [0.25, 0.3) is 0 Å². The highest BCUT2D eigenvalue weighted by molar-refractivity contribution is 7.89. The number of esters is 1. The first-order valence-electron chi connectivity index (χ1n) is 12.9. The molecule has 0 spiro atoms. The van der Waals surface area contributed by atoms with Gasteiger partial charge >= 0.3 is 5.97 Å². The summed E-state index contributed by atoms with van der Waals surface area (Å²) in [6, 6.07) is 12.7. The molecule has 1 aliphatic heterocycles. The molecule has 0 fully saturated rings. The number of rotatable bonds is 15. The highest BCUT2D eigenvalue weighted by Crippen LogP contribution is 2.32. The molecule has 13 heteroatoms. The van der Waals surface area contributed by atoms with E-state index >= 15 is 0 Å². The largest absolute Gasteiger partial charge is 0.497 e. The van der Waals surface area contributed by atoms with Gasteiger partial charge in [-0.05, 0) is 48.0 Å². The van der Waals surface area contributed by atoms with Crippen LogP contribution in [0.2, 0.25) is 0 Å². The first-order valence-corrected chi connectivity index (χ1v) is 14.4. The fourth-order valence-corrected chi connectivity index (χ4v) is 5.55. The van der Waals surface area contributed by atoms with E-state index in [1.807, 2.05) is 0 Å². The maximum absolute atomic E-state index is 13.2. The molecule has 2 aromatic rings. The van der Waals surface area contributed by atoms with Crippen LogP contribution < -0.4 is 10.1 Å². The Morgan fingerprint density at radius 1 is 1.02 bits per heavy atom. The number of carbonyl (C=O) groups is 2. The highest BCUT2D eigenvalue weighted by Gasteiger charge is 2.30. The van der Waals surface area contributed by atoms with Crippen molar-refractivity contribution in [2.45, 2.75) is 23.5 Å². The predicted molar refractivity (Wildman–Crippen MR) is 148 cm³/mol. The van der Waals surface area contributed by atoms with Crippen molar-refractivity contribution in [2.75, 3.05) is 60.8 Å². The maximum Gasteiger partial charge on any atom is 0.337 e. The van der Waals surface area contributed by atoms with Crippen LogP contribution in [0.3, 0.4) is 0 Å². The zero-order chi connectivity index (χ0) is 29.8. The van der Waals surface area contributed by atoms with Crippen LogP contribution in [0.1, 0.15) is 28.3 Å². The molecule has 0 aromatic heterocycles. The smallest absolute Gasteiger partial charge is 0.337 e. The van der Waals surface area contributed by atoms with Crippen molar-refractivity contribution in [3.63, 3.8) is 0 Å². The van der Waals surface area contributed by atoms with E-state index < -0.39 is 28.2 Å². The summed E-state index contributed by atoms with van der Waals surface area (Å²) in [5, 5.41) is 12.2. The quantitative estimate of drug-likeness (QED) is 0.231. The number of aliphatic hydroxyl groups is 1. The third-order valence-corrected chi connectivity index (χ3v) is 8.24. The molecule has 224 valence electrons. The van der Waals surface area contributed by atoms with Crippen LogP contribution in [0.4, 0.5) is 0 Å². The number of carbonyl (C=O) groups excluding carboxylic acids is 2. The second-order valence-corrected chi connectivity index (χ2v) is 10.9. The van der Waals surface area contributed by atoms with E-state index in [0.717, 1.165) is 9.87 Å². The molecule has 12 nitrogen and oxygen atoms in total. The second-order valence-electron chi connectivity index (χ2n) is 8.96. The van der Waals surface area contributed by atoms with Crippen molar-refractivity contribution < 1.29 is 46.8 Å². The SMILES string of the molecule is COCCNC(=O)C1=C[C@H](c2ccc(C(=O)OC)cc2)C[C@H](OCCN(CCO)S(=O)(=O)c2ccc(OC)cc2)O1. The standard InChI is InChI=1S/C28H36N2O10S/c1-36-16-12-29-27(32)25-18-22(20-4-6-21(7-5-20)28(33)38-3)19-26(40-25)39-17-14-30(13-15-31)41(34,35)24-10-8-23(37-2)9-11-24/h4-11,18,22,26,31H,12-17,19H2,1-3H3,(H,29,32)/t22-,26+/m0/s1. The molecule has 2 aromatic carbocycles. The molecular weight excluding hydrogens is 556 g/mol. The number of hydrogen-bond donors (Lipinski definition) is 2. The molecule has 1 aliphatic rings. The van der Waals surface area contributed by atoms with Crippen molar-refractivity contribution in [1.29, 1.82) is 0 Å². The normalized spacial score (nSPS) is 17.0. The zero-order valence-electron chi connectivity index (χ0n) is 23.3. The molecule has 0 saturated heterocycles. The fraction of sp³-hybridized carbons (Fsp3) is 0.429. The summed E-state index contributed by atoms with van der Waals surface area (Å²) in [6.45, 7) is -0.0436. The van der Waals surface area contributed by atoms with E-state index in [2.05, 4.69) is 5.32 Å². The lowest BCUT2D eigenvalue weighted by molar-refractivity contribution is -0.146. The predicted octanol–water partition coefficient (Wildman–Crippen LogP) is 1.66. The number of sulfonamides is 1. The van der Waals surface area contributed by atoms with Gasteiger partial charge in [-0.1, -0.05) is 12.1 Å². The van der Waals surface area contributed by atoms with E-state index in [-0.39, 0.29) is 49.4 Å². The monoisotopic (exact) mass is 592 g/mol. The van der Waals surface area contributed by atoms with Gasteiger partial charge < -0.3 is 34.1 Å². The maximum atomic E-state index is 13.2. The van der Waals surface area contributed by atoms with Gasteiger partial charge in [0, 0.05) is 39.1 Å². The summed E-state index contributed by atoms with van der Waals surface area (Å²) in [5.74, 6) is -0.635. The van der Waals surface area contributed by atoms with Crippen molar-refractivity contribution in [3.8, 4) is 5.75 Å². The van der Waals surface area contributed by atoms with Crippen LogP contribution >= 0.6 is 0 Å². The van der Waals surface area contributed by atoms with Gasteiger partial charge in [-0.2, -0.15) is 4.31 Å². The van der Waals surface area contributed by atoms with Gasteiger partial charge in [-0.15, -0.1) is 0 Å². The van der Waals surface area contributed by atoms with E-state index in [1.54, 1.807) is 42.5 Å². The third kappa shape index (κ3) is 8.75. The van der Waals surface area contributed by atoms with Gasteiger partial charge in [0.1, 0.15) is 5.75 Å². The Hall–Kier alpha value is -3.49. The molecule has 0 saturated carbocycles. The first kappa shape index (κ1) is 32.0. The minimum Gasteiger partial charge on any atom is -0.497 e. The number of allylic oxidation sites excluding steroid dienone is 1.